The highest BCUT2D eigenvalue weighted by Crippen LogP contribution is 2.36. The number of methoxy groups -OCH3 is 2. The van der Waals surface area contributed by atoms with Crippen molar-refractivity contribution in [3.8, 4) is 11.5 Å². The zero-order chi connectivity index (χ0) is 23.6. The molecular formula is C26H32N4O3. The molecule has 2 heterocycles. The van der Waals surface area contributed by atoms with Crippen LogP contribution in [0.15, 0.2) is 42.7 Å². The van der Waals surface area contributed by atoms with Crippen molar-refractivity contribution >= 4 is 22.6 Å². The number of rotatable bonds is 4. The Balaban J connectivity index is 1.43. The molecule has 1 aromatic heterocycles. The number of amides is 2. The minimum absolute atomic E-state index is 0.0593. The van der Waals surface area contributed by atoms with E-state index < -0.39 is 0 Å². The molecule has 0 spiro atoms. The number of hydrogen-bond acceptors (Lipinski definition) is 5. The number of carbonyl (C=O) groups is 1. The van der Waals surface area contributed by atoms with E-state index >= 15 is 0 Å². The van der Waals surface area contributed by atoms with Crippen molar-refractivity contribution in [2.45, 2.75) is 44.9 Å². The van der Waals surface area contributed by atoms with Crippen LogP contribution in [0.1, 0.15) is 50.8 Å². The molecule has 4 rings (SSSR count). The Bertz CT molecular complexity index is 1130. The fourth-order valence-electron chi connectivity index (χ4n) is 4.34. The predicted octanol–water partition coefficient (Wildman–Crippen LogP) is 5.36. The third kappa shape index (κ3) is 4.87. The molecule has 1 aliphatic rings. The third-order valence-corrected chi connectivity index (χ3v) is 6.34. The minimum atomic E-state index is -0.0593. The van der Waals surface area contributed by atoms with Crippen molar-refractivity contribution in [3.05, 3.63) is 54.0 Å². The smallest absolute Gasteiger partial charge is 0.321 e. The van der Waals surface area contributed by atoms with E-state index in [-0.39, 0.29) is 17.4 Å². The molecule has 33 heavy (non-hydrogen) atoms. The first-order valence-electron chi connectivity index (χ1n) is 11.3. The first-order valence-corrected chi connectivity index (χ1v) is 11.3. The van der Waals surface area contributed by atoms with Gasteiger partial charge in [-0.15, -0.1) is 0 Å². The first kappa shape index (κ1) is 22.8. The van der Waals surface area contributed by atoms with E-state index in [1.54, 1.807) is 20.5 Å². The quantitative estimate of drug-likeness (QED) is 0.582. The summed E-state index contributed by atoms with van der Waals surface area (Å²) in [6, 6.07) is 11.9. The number of nitrogens with one attached hydrogen (secondary N) is 1. The maximum Gasteiger partial charge on any atom is 0.321 e. The van der Waals surface area contributed by atoms with Gasteiger partial charge >= 0.3 is 6.03 Å². The summed E-state index contributed by atoms with van der Waals surface area (Å²) >= 11 is 0. The molecule has 2 amide bonds. The number of benzene rings is 2. The van der Waals surface area contributed by atoms with Crippen molar-refractivity contribution in [3.63, 3.8) is 0 Å². The third-order valence-electron chi connectivity index (χ3n) is 6.34. The van der Waals surface area contributed by atoms with Gasteiger partial charge < -0.3 is 19.7 Å². The molecule has 3 aromatic rings. The van der Waals surface area contributed by atoms with Crippen molar-refractivity contribution in [2.75, 3.05) is 32.6 Å². The van der Waals surface area contributed by atoms with Gasteiger partial charge in [-0.05, 0) is 42.0 Å². The zero-order valence-corrected chi connectivity index (χ0v) is 20.0. The summed E-state index contributed by atoms with van der Waals surface area (Å²) < 4.78 is 10.9. The Hall–Kier alpha value is -3.35. The zero-order valence-electron chi connectivity index (χ0n) is 20.0. The second kappa shape index (κ2) is 9.25. The molecule has 1 saturated heterocycles. The van der Waals surface area contributed by atoms with Crippen LogP contribution >= 0.6 is 0 Å². The number of likely N-dealkylation sites (tertiary alicyclic amines) is 1. The fourth-order valence-corrected chi connectivity index (χ4v) is 4.34. The highest BCUT2D eigenvalue weighted by molar-refractivity contribution is 5.89. The van der Waals surface area contributed by atoms with Crippen LogP contribution in [-0.2, 0) is 5.41 Å². The lowest BCUT2D eigenvalue weighted by Crippen LogP contribution is -2.40. The largest absolute Gasteiger partial charge is 0.493 e. The Kier molecular flexibility index (Phi) is 6.40. The van der Waals surface area contributed by atoms with Crippen molar-refractivity contribution in [1.82, 2.24) is 14.9 Å². The van der Waals surface area contributed by atoms with Gasteiger partial charge in [0.1, 0.15) is 6.33 Å². The van der Waals surface area contributed by atoms with Gasteiger partial charge in [0.25, 0.3) is 0 Å². The number of piperidine rings is 1. The highest BCUT2D eigenvalue weighted by Gasteiger charge is 2.26. The van der Waals surface area contributed by atoms with Crippen LogP contribution < -0.4 is 14.8 Å². The van der Waals surface area contributed by atoms with Crippen molar-refractivity contribution in [1.29, 1.82) is 0 Å². The lowest BCUT2D eigenvalue weighted by atomic mass is 9.87. The minimum Gasteiger partial charge on any atom is -0.493 e. The SMILES string of the molecule is COc1cc2ncnc(C3CCN(C(=O)Nc4ccc(C(C)(C)C)cc4)CC3)c2cc1OC. The van der Waals surface area contributed by atoms with Gasteiger partial charge in [0, 0.05) is 36.1 Å². The second-order valence-electron chi connectivity index (χ2n) is 9.50. The van der Waals surface area contributed by atoms with E-state index in [4.69, 9.17) is 9.47 Å². The van der Waals surface area contributed by atoms with Gasteiger partial charge in [0.05, 0.1) is 25.4 Å². The summed E-state index contributed by atoms with van der Waals surface area (Å²) in [4.78, 5) is 23.7. The number of aromatic nitrogens is 2. The first-order chi connectivity index (χ1) is 15.8. The lowest BCUT2D eigenvalue weighted by Gasteiger charge is -2.32. The average Bonchev–Trinajstić information content (AvgIpc) is 2.82. The van der Waals surface area contributed by atoms with Crippen LogP contribution in [0.4, 0.5) is 10.5 Å². The molecule has 0 radical (unpaired) electrons. The number of carbonyl (C=O) groups excluding carboxylic acids is 1. The number of fused-ring (bicyclic) bond motifs is 1. The molecule has 2 aromatic carbocycles. The van der Waals surface area contributed by atoms with Gasteiger partial charge in [-0.1, -0.05) is 32.9 Å². The second-order valence-corrected chi connectivity index (χ2v) is 9.50. The molecule has 174 valence electrons. The summed E-state index contributed by atoms with van der Waals surface area (Å²) in [5.41, 5.74) is 3.98. The maximum absolute atomic E-state index is 12.8. The highest BCUT2D eigenvalue weighted by atomic mass is 16.5. The van der Waals surface area contributed by atoms with Crippen LogP contribution in [0.5, 0.6) is 11.5 Å². The van der Waals surface area contributed by atoms with E-state index in [0.717, 1.165) is 35.1 Å². The van der Waals surface area contributed by atoms with Gasteiger partial charge in [0.15, 0.2) is 11.5 Å². The van der Waals surface area contributed by atoms with E-state index in [1.165, 1.54) is 5.56 Å². The van der Waals surface area contributed by atoms with E-state index in [2.05, 4.69) is 48.2 Å². The molecule has 0 aliphatic carbocycles. The molecule has 1 fully saturated rings. The molecule has 1 N–H and O–H groups in total. The standard InChI is InChI=1S/C26H32N4O3/c1-26(2,3)18-6-8-19(9-7-18)29-25(31)30-12-10-17(11-13-30)24-20-14-22(32-4)23(33-5)15-21(20)27-16-28-24/h6-9,14-17H,10-13H2,1-5H3,(H,29,31). The van der Waals surface area contributed by atoms with Crippen LogP contribution in [0, 0.1) is 0 Å². The van der Waals surface area contributed by atoms with Crippen molar-refractivity contribution in [2.24, 2.45) is 0 Å². The molecule has 0 saturated carbocycles. The average molecular weight is 449 g/mol. The number of ether oxygens (including phenoxy) is 2. The molecule has 7 nitrogen and oxygen atoms in total. The van der Waals surface area contributed by atoms with E-state index in [0.29, 0.717) is 24.6 Å². The van der Waals surface area contributed by atoms with Gasteiger partial charge in [-0.2, -0.15) is 0 Å². The van der Waals surface area contributed by atoms with Crippen LogP contribution in [-0.4, -0.2) is 48.2 Å². The Morgan fingerprint density at radius 1 is 1.00 bits per heavy atom. The summed E-state index contributed by atoms with van der Waals surface area (Å²) in [7, 11) is 3.24. The molecule has 0 unspecified atom stereocenters. The normalized spacial score (nSPS) is 14.9. The number of nitrogens with zero attached hydrogens (tertiary/aromatic N) is 3. The number of anilines is 1. The molecular weight excluding hydrogens is 416 g/mol. The Labute approximate surface area is 195 Å². The summed E-state index contributed by atoms with van der Waals surface area (Å²) in [6.45, 7) is 7.89. The van der Waals surface area contributed by atoms with E-state index in [1.807, 2.05) is 29.2 Å². The molecule has 7 heteroatoms. The topological polar surface area (TPSA) is 76.6 Å². The maximum atomic E-state index is 12.8. The Morgan fingerprint density at radius 2 is 1.64 bits per heavy atom. The van der Waals surface area contributed by atoms with Crippen LogP contribution in [0.3, 0.4) is 0 Å². The van der Waals surface area contributed by atoms with Crippen LogP contribution in [0.2, 0.25) is 0 Å². The summed E-state index contributed by atoms with van der Waals surface area (Å²) in [5.74, 6) is 1.57. The lowest BCUT2D eigenvalue weighted by molar-refractivity contribution is 0.194. The summed E-state index contributed by atoms with van der Waals surface area (Å²) in [5, 5.41) is 4.00. The van der Waals surface area contributed by atoms with Crippen LogP contribution in [0.25, 0.3) is 10.9 Å². The molecule has 0 atom stereocenters. The van der Waals surface area contributed by atoms with Gasteiger partial charge in [0.2, 0.25) is 0 Å². The monoisotopic (exact) mass is 448 g/mol. The fraction of sp³-hybridized carbons (Fsp3) is 0.423. The van der Waals surface area contributed by atoms with Gasteiger partial charge in [-0.25, -0.2) is 14.8 Å². The number of urea groups is 1. The predicted molar refractivity (Wildman–Crippen MR) is 130 cm³/mol. The molecule has 0 bridgehead atoms. The van der Waals surface area contributed by atoms with E-state index in [9.17, 15) is 4.79 Å². The molecule has 1 aliphatic heterocycles. The van der Waals surface area contributed by atoms with Gasteiger partial charge in [-0.3, -0.25) is 0 Å². The Morgan fingerprint density at radius 3 is 2.24 bits per heavy atom. The van der Waals surface area contributed by atoms with Crippen molar-refractivity contribution < 1.29 is 14.3 Å². The summed E-state index contributed by atoms with van der Waals surface area (Å²) in [6.07, 6.45) is 3.29. The number of hydrogen-bond donors (Lipinski definition) is 1.